The fourth-order valence-electron chi connectivity index (χ4n) is 1.56. The first kappa shape index (κ1) is 8.53. The van der Waals surface area contributed by atoms with Crippen LogP contribution < -0.4 is 5.32 Å². The van der Waals surface area contributed by atoms with E-state index in [1.54, 1.807) is 0 Å². The topological polar surface area (TPSA) is 49.3 Å². The van der Waals surface area contributed by atoms with Gasteiger partial charge in [-0.2, -0.15) is 0 Å². The zero-order valence-electron chi connectivity index (χ0n) is 6.84. The molecule has 0 aromatic heterocycles. The number of aliphatic carboxylic acids is 1. The van der Waals surface area contributed by atoms with Crippen molar-refractivity contribution in [3.63, 3.8) is 0 Å². The summed E-state index contributed by atoms with van der Waals surface area (Å²) in [5.41, 5.74) is 0. The van der Waals surface area contributed by atoms with Gasteiger partial charge in [0.15, 0.2) is 0 Å². The van der Waals surface area contributed by atoms with Crippen LogP contribution in [0.15, 0.2) is 0 Å². The number of nitrogens with one attached hydrogen (secondary N) is 1. The third-order valence-corrected chi connectivity index (χ3v) is 2.41. The summed E-state index contributed by atoms with van der Waals surface area (Å²) in [5, 5.41) is 12.0. The van der Waals surface area contributed by atoms with Gasteiger partial charge in [-0.25, -0.2) is 0 Å². The summed E-state index contributed by atoms with van der Waals surface area (Å²) in [6.07, 6.45) is 1.76. The lowest BCUT2D eigenvalue weighted by atomic mass is 9.90. The smallest absolute Gasteiger partial charge is 0.306 e. The van der Waals surface area contributed by atoms with Crippen LogP contribution in [0.4, 0.5) is 0 Å². The Bertz CT molecular complexity index is 147. The Morgan fingerprint density at radius 2 is 2.09 bits per heavy atom. The molecule has 0 amide bonds. The van der Waals surface area contributed by atoms with Crippen molar-refractivity contribution in [1.29, 1.82) is 0 Å². The number of rotatable bonds is 1. The highest BCUT2D eigenvalue weighted by molar-refractivity contribution is 5.70. The van der Waals surface area contributed by atoms with Gasteiger partial charge >= 0.3 is 5.97 Å². The Kier molecular flexibility index (Phi) is 2.88. The molecule has 0 bridgehead atoms. The summed E-state index contributed by atoms with van der Waals surface area (Å²) < 4.78 is 0. The first-order valence-corrected chi connectivity index (χ1v) is 4.15. The summed E-state index contributed by atoms with van der Waals surface area (Å²) in [5.74, 6) is -0.450. The molecule has 0 aromatic carbocycles. The molecule has 1 heterocycles. The molecule has 2 unspecified atom stereocenters. The molecule has 0 saturated carbocycles. The van der Waals surface area contributed by atoms with Gasteiger partial charge in [0.05, 0.1) is 5.92 Å². The van der Waals surface area contributed by atoms with Gasteiger partial charge in [0.25, 0.3) is 0 Å². The van der Waals surface area contributed by atoms with E-state index in [1.165, 1.54) is 0 Å². The zero-order chi connectivity index (χ0) is 8.27. The number of hydrogen-bond donors (Lipinski definition) is 2. The Morgan fingerprint density at radius 3 is 2.73 bits per heavy atom. The normalized spacial score (nSPS) is 32.8. The number of carboxylic acids is 1. The van der Waals surface area contributed by atoms with Gasteiger partial charge in [0.2, 0.25) is 0 Å². The third-order valence-electron chi connectivity index (χ3n) is 2.41. The van der Waals surface area contributed by atoms with E-state index in [0.717, 1.165) is 25.9 Å². The highest BCUT2D eigenvalue weighted by Gasteiger charge is 2.25. The molecule has 0 aliphatic carbocycles. The molecule has 3 heteroatoms. The molecule has 3 nitrogen and oxygen atoms in total. The van der Waals surface area contributed by atoms with Gasteiger partial charge in [0.1, 0.15) is 0 Å². The molecule has 2 N–H and O–H groups in total. The summed E-state index contributed by atoms with van der Waals surface area (Å²) in [6.45, 7) is 3.83. The molecule has 0 radical (unpaired) electrons. The quantitative estimate of drug-likeness (QED) is 0.589. The second kappa shape index (κ2) is 3.72. The fourth-order valence-corrected chi connectivity index (χ4v) is 1.56. The second-order valence-corrected chi connectivity index (χ2v) is 3.25. The van der Waals surface area contributed by atoms with Crippen molar-refractivity contribution in [3.8, 4) is 0 Å². The largest absolute Gasteiger partial charge is 0.481 e. The van der Waals surface area contributed by atoms with Crippen LogP contribution in [0.5, 0.6) is 0 Å². The molecule has 1 aliphatic heterocycles. The van der Waals surface area contributed by atoms with Gasteiger partial charge in [-0.1, -0.05) is 6.92 Å². The fraction of sp³-hybridized carbons (Fsp3) is 0.875. The average molecular weight is 157 g/mol. The van der Waals surface area contributed by atoms with Crippen molar-refractivity contribution in [2.75, 3.05) is 13.1 Å². The number of hydrogen-bond acceptors (Lipinski definition) is 2. The molecule has 1 fully saturated rings. The van der Waals surface area contributed by atoms with Crippen molar-refractivity contribution in [1.82, 2.24) is 5.32 Å². The van der Waals surface area contributed by atoms with Gasteiger partial charge in [-0.15, -0.1) is 0 Å². The molecule has 2 atom stereocenters. The van der Waals surface area contributed by atoms with E-state index in [2.05, 4.69) is 5.32 Å². The maximum Gasteiger partial charge on any atom is 0.306 e. The molecule has 11 heavy (non-hydrogen) atoms. The van der Waals surface area contributed by atoms with Crippen LogP contribution in [0.2, 0.25) is 0 Å². The van der Waals surface area contributed by atoms with Crippen molar-refractivity contribution in [2.45, 2.75) is 19.8 Å². The highest BCUT2D eigenvalue weighted by Crippen LogP contribution is 2.20. The minimum atomic E-state index is -0.638. The molecular formula is C8H15NO2. The Hall–Kier alpha value is -0.570. The van der Waals surface area contributed by atoms with Crippen LogP contribution in [0, 0.1) is 11.8 Å². The Labute approximate surface area is 66.8 Å². The molecular weight excluding hydrogens is 142 g/mol. The minimum absolute atomic E-state index is 0.134. The Morgan fingerprint density at radius 1 is 1.45 bits per heavy atom. The third kappa shape index (κ3) is 2.19. The van der Waals surface area contributed by atoms with E-state index in [0.29, 0.717) is 5.92 Å². The SMILES string of the molecule is CC1CCNCCC1C(=O)O. The van der Waals surface area contributed by atoms with Crippen LogP contribution >= 0.6 is 0 Å². The van der Waals surface area contributed by atoms with E-state index in [1.807, 2.05) is 6.92 Å². The van der Waals surface area contributed by atoms with Crippen LogP contribution in [0.3, 0.4) is 0 Å². The minimum Gasteiger partial charge on any atom is -0.481 e. The monoisotopic (exact) mass is 157 g/mol. The van der Waals surface area contributed by atoms with Crippen molar-refractivity contribution in [3.05, 3.63) is 0 Å². The van der Waals surface area contributed by atoms with Gasteiger partial charge in [-0.3, -0.25) is 4.79 Å². The number of carboxylic acid groups (broad SMARTS) is 1. The number of carbonyl (C=O) groups is 1. The van der Waals surface area contributed by atoms with E-state index in [9.17, 15) is 4.79 Å². The second-order valence-electron chi connectivity index (χ2n) is 3.25. The lowest BCUT2D eigenvalue weighted by molar-refractivity contribution is -0.143. The van der Waals surface area contributed by atoms with E-state index < -0.39 is 5.97 Å². The van der Waals surface area contributed by atoms with Crippen molar-refractivity contribution in [2.24, 2.45) is 11.8 Å². The first-order chi connectivity index (χ1) is 5.22. The van der Waals surface area contributed by atoms with Crippen LogP contribution in [-0.2, 0) is 4.79 Å². The molecule has 64 valence electrons. The predicted molar refractivity (Wildman–Crippen MR) is 42.4 cm³/mol. The Balaban J connectivity index is 2.52. The zero-order valence-corrected chi connectivity index (χ0v) is 6.84. The average Bonchev–Trinajstić information content (AvgIpc) is 2.13. The maximum absolute atomic E-state index is 10.7. The summed E-state index contributed by atoms with van der Waals surface area (Å²) >= 11 is 0. The van der Waals surface area contributed by atoms with E-state index >= 15 is 0 Å². The van der Waals surface area contributed by atoms with E-state index in [4.69, 9.17) is 5.11 Å². The summed E-state index contributed by atoms with van der Waals surface area (Å²) in [7, 11) is 0. The lowest BCUT2D eigenvalue weighted by Gasteiger charge is -2.15. The molecule has 1 aliphatic rings. The van der Waals surface area contributed by atoms with Gasteiger partial charge in [0, 0.05) is 0 Å². The van der Waals surface area contributed by atoms with Crippen molar-refractivity contribution >= 4 is 5.97 Å². The maximum atomic E-state index is 10.7. The summed E-state index contributed by atoms with van der Waals surface area (Å²) in [4.78, 5) is 10.7. The first-order valence-electron chi connectivity index (χ1n) is 4.15. The molecule has 1 rings (SSSR count). The molecule has 0 aromatic rings. The van der Waals surface area contributed by atoms with Crippen molar-refractivity contribution < 1.29 is 9.90 Å². The molecule has 0 spiro atoms. The van der Waals surface area contributed by atoms with Gasteiger partial charge in [-0.05, 0) is 31.8 Å². The highest BCUT2D eigenvalue weighted by atomic mass is 16.4. The van der Waals surface area contributed by atoms with Crippen LogP contribution in [-0.4, -0.2) is 24.2 Å². The predicted octanol–water partition coefficient (Wildman–Crippen LogP) is 0.707. The van der Waals surface area contributed by atoms with Crippen LogP contribution in [0.25, 0.3) is 0 Å². The lowest BCUT2D eigenvalue weighted by Crippen LogP contribution is -2.21. The van der Waals surface area contributed by atoms with Crippen LogP contribution in [0.1, 0.15) is 19.8 Å². The van der Waals surface area contributed by atoms with E-state index in [-0.39, 0.29) is 5.92 Å². The molecule has 1 saturated heterocycles. The standard InChI is InChI=1S/C8H15NO2/c1-6-2-4-9-5-3-7(6)8(10)11/h6-7,9H,2-5H2,1H3,(H,10,11). The summed E-state index contributed by atoms with van der Waals surface area (Å²) in [6, 6.07) is 0. The van der Waals surface area contributed by atoms with Gasteiger partial charge < -0.3 is 10.4 Å².